The summed E-state index contributed by atoms with van der Waals surface area (Å²) in [5.74, 6) is -0.345. The summed E-state index contributed by atoms with van der Waals surface area (Å²) in [5, 5.41) is 2.73. The molecule has 0 aromatic heterocycles. The number of nitrogens with zero attached hydrogens (tertiary/aromatic N) is 1. The van der Waals surface area contributed by atoms with Crippen molar-refractivity contribution < 1.29 is 17.9 Å². The van der Waals surface area contributed by atoms with Crippen LogP contribution in [0.25, 0.3) is 0 Å². The topological polar surface area (TPSA) is 75.7 Å². The van der Waals surface area contributed by atoms with Crippen molar-refractivity contribution in [1.29, 1.82) is 0 Å². The van der Waals surface area contributed by atoms with Crippen LogP contribution in [0.2, 0.25) is 0 Å². The van der Waals surface area contributed by atoms with Crippen LogP contribution >= 0.6 is 0 Å². The molecule has 1 atom stereocenters. The maximum absolute atomic E-state index is 13.1. The monoisotopic (exact) mass is 374 g/mol. The predicted octanol–water partition coefficient (Wildman–Crippen LogP) is 2.66. The minimum absolute atomic E-state index is 0.0919. The molecule has 1 saturated heterocycles. The Morgan fingerprint density at radius 2 is 1.85 bits per heavy atom. The van der Waals surface area contributed by atoms with Crippen LogP contribution in [-0.2, 0) is 14.8 Å². The van der Waals surface area contributed by atoms with Gasteiger partial charge in [-0.05, 0) is 38.1 Å². The zero-order valence-electron chi connectivity index (χ0n) is 14.8. The Hall–Kier alpha value is -2.22. The Labute approximate surface area is 153 Å². The summed E-state index contributed by atoms with van der Waals surface area (Å²) in [6, 6.07) is 13.3. The van der Waals surface area contributed by atoms with E-state index in [0.29, 0.717) is 25.3 Å². The van der Waals surface area contributed by atoms with E-state index in [1.165, 1.54) is 10.4 Å². The van der Waals surface area contributed by atoms with Gasteiger partial charge in [0.05, 0.1) is 18.9 Å². The van der Waals surface area contributed by atoms with Gasteiger partial charge in [-0.1, -0.05) is 29.8 Å². The molecule has 0 bridgehead atoms. The number of carbonyl (C=O) groups excluding carboxylic acids is 1. The minimum atomic E-state index is -3.74. The molecule has 0 saturated carbocycles. The maximum atomic E-state index is 13.1. The normalized spacial score (nSPS) is 18.5. The number of hydrogen-bond acceptors (Lipinski definition) is 4. The first-order valence-corrected chi connectivity index (χ1v) is 9.90. The number of carbonyl (C=O) groups is 1. The van der Waals surface area contributed by atoms with Gasteiger partial charge < -0.3 is 10.1 Å². The number of morpholine rings is 1. The summed E-state index contributed by atoms with van der Waals surface area (Å²) < 4.78 is 33.0. The highest BCUT2D eigenvalue weighted by Gasteiger charge is 2.33. The number of amides is 1. The number of sulfonamides is 1. The molecular formula is C19H22N2O4S. The average Bonchev–Trinajstić information content (AvgIpc) is 2.63. The molecule has 2 aromatic rings. The van der Waals surface area contributed by atoms with Crippen molar-refractivity contribution in [2.24, 2.45) is 0 Å². The number of nitrogens with one attached hydrogen (secondary N) is 1. The van der Waals surface area contributed by atoms with E-state index in [4.69, 9.17) is 4.74 Å². The van der Waals surface area contributed by atoms with Crippen LogP contribution in [0, 0.1) is 6.92 Å². The van der Waals surface area contributed by atoms with Crippen LogP contribution in [0.3, 0.4) is 0 Å². The Morgan fingerprint density at radius 3 is 2.54 bits per heavy atom. The molecule has 26 heavy (non-hydrogen) atoms. The van der Waals surface area contributed by atoms with E-state index in [1.807, 2.05) is 26.0 Å². The highest BCUT2D eigenvalue weighted by molar-refractivity contribution is 7.89. The van der Waals surface area contributed by atoms with E-state index < -0.39 is 10.0 Å². The second-order valence-corrected chi connectivity index (χ2v) is 8.21. The van der Waals surface area contributed by atoms with Gasteiger partial charge in [0.2, 0.25) is 10.0 Å². The molecule has 6 nitrogen and oxygen atoms in total. The number of hydrogen-bond donors (Lipinski definition) is 1. The zero-order chi connectivity index (χ0) is 18.7. The zero-order valence-corrected chi connectivity index (χ0v) is 15.6. The van der Waals surface area contributed by atoms with Gasteiger partial charge in [-0.3, -0.25) is 4.79 Å². The smallest absolute Gasteiger partial charge is 0.255 e. The average molecular weight is 374 g/mol. The largest absolute Gasteiger partial charge is 0.378 e. The number of ether oxygens (including phenoxy) is 1. The molecule has 7 heteroatoms. The van der Waals surface area contributed by atoms with E-state index in [9.17, 15) is 13.2 Å². The van der Waals surface area contributed by atoms with E-state index >= 15 is 0 Å². The summed E-state index contributed by atoms with van der Waals surface area (Å²) in [6.07, 6.45) is 0. The first-order chi connectivity index (χ1) is 12.4. The molecule has 1 N–H and O–H groups in total. The van der Waals surface area contributed by atoms with Gasteiger partial charge in [0, 0.05) is 18.2 Å². The van der Waals surface area contributed by atoms with Gasteiger partial charge in [0.15, 0.2) is 0 Å². The van der Waals surface area contributed by atoms with Crippen LogP contribution in [-0.4, -0.2) is 44.4 Å². The standard InChI is InChI=1S/C19H22N2O4S/c1-14-7-9-16(10-8-14)19(22)20-17-5-3-4-6-18(17)26(23,24)21-11-12-25-13-15(21)2/h3-10,15H,11-13H2,1-2H3,(H,20,22). The fourth-order valence-corrected chi connectivity index (χ4v) is 4.64. The highest BCUT2D eigenvalue weighted by Crippen LogP contribution is 2.27. The van der Waals surface area contributed by atoms with Gasteiger partial charge in [-0.2, -0.15) is 4.31 Å². The van der Waals surface area contributed by atoms with Gasteiger partial charge in [-0.25, -0.2) is 8.42 Å². The molecule has 3 rings (SSSR count). The van der Waals surface area contributed by atoms with Crippen molar-refractivity contribution in [3.8, 4) is 0 Å². The van der Waals surface area contributed by atoms with Crippen molar-refractivity contribution >= 4 is 21.6 Å². The lowest BCUT2D eigenvalue weighted by molar-refractivity contribution is 0.0393. The number of aryl methyl sites for hydroxylation is 1. The van der Waals surface area contributed by atoms with Gasteiger partial charge >= 0.3 is 0 Å². The first kappa shape index (κ1) is 18.6. The quantitative estimate of drug-likeness (QED) is 0.893. The van der Waals surface area contributed by atoms with Gasteiger partial charge in [-0.15, -0.1) is 0 Å². The SMILES string of the molecule is Cc1ccc(C(=O)Nc2ccccc2S(=O)(=O)N2CCOCC2C)cc1. The Kier molecular flexibility index (Phi) is 5.41. The molecule has 1 fully saturated rings. The van der Waals surface area contributed by atoms with Gasteiger partial charge in [0.1, 0.15) is 4.90 Å². The van der Waals surface area contributed by atoms with Crippen LogP contribution in [0.4, 0.5) is 5.69 Å². The minimum Gasteiger partial charge on any atom is -0.378 e. The molecule has 138 valence electrons. The molecule has 1 aliphatic heterocycles. The van der Waals surface area contributed by atoms with Crippen molar-refractivity contribution in [3.63, 3.8) is 0 Å². The molecule has 1 amide bonds. The fraction of sp³-hybridized carbons (Fsp3) is 0.316. The van der Waals surface area contributed by atoms with Crippen LogP contribution < -0.4 is 5.32 Å². The summed E-state index contributed by atoms with van der Waals surface area (Å²) in [4.78, 5) is 12.6. The lowest BCUT2D eigenvalue weighted by Gasteiger charge is -2.32. The summed E-state index contributed by atoms with van der Waals surface area (Å²) in [6.45, 7) is 4.76. The molecule has 1 unspecified atom stereocenters. The summed E-state index contributed by atoms with van der Waals surface area (Å²) >= 11 is 0. The van der Waals surface area contributed by atoms with Gasteiger partial charge in [0.25, 0.3) is 5.91 Å². The second kappa shape index (κ2) is 7.57. The molecule has 0 radical (unpaired) electrons. The molecular weight excluding hydrogens is 352 g/mol. The number of benzene rings is 2. The third kappa shape index (κ3) is 3.80. The Balaban J connectivity index is 1.90. The van der Waals surface area contributed by atoms with Crippen molar-refractivity contribution in [2.75, 3.05) is 25.1 Å². The van der Waals surface area contributed by atoms with Crippen LogP contribution in [0.15, 0.2) is 53.4 Å². The molecule has 0 aliphatic carbocycles. The second-order valence-electron chi connectivity index (χ2n) is 6.36. The lowest BCUT2D eigenvalue weighted by atomic mass is 10.1. The Morgan fingerprint density at radius 1 is 1.15 bits per heavy atom. The van der Waals surface area contributed by atoms with Crippen molar-refractivity contribution in [1.82, 2.24) is 4.31 Å². The van der Waals surface area contributed by atoms with Crippen molar-refractivity contribution in [3.05, 3.63) is 59.7 Å². The molecule has 1 heterocycles. The fourth-order valence-electron chi connectivity index (χ4n) is 2.89. The lowest BCUT2D eigenvalue weighted by Crippen LogP contribution is -2.47. The molecule has 1 aliphatic rings. The first-order valence-electron chi connectivity index (χ1n) is 8.46. The van der Waals surface area contributed by atoms with E-state index in [1.54, 1.807) is 30.3 Å². The highest BCUT2D eigenvalue weighted by atomic mass is 32.2. The number of anilines is 1. The van der Waals surface area contributed by atoms with Crippen molar-refractivity contribution in [2.45, 2.75) is 24.8 Å². The number of para-hydroxylation sites is 1. The summed E-state index contributed by atoms with van der Waals surface area (Å²) in [5.41, 5.74) is 1.80. The molecule has 0 spiro atoms. The van der Waals surface area contributed by atoms with E-state index in [-0.39, 0.29) is 22.5 Å². The predicted molar refractivity (Wildman–Crippen MR) is 99.7 cm³/mol. The van der Waals surface area contributed by atoms with Crippen LogP contribution in [0.1, 0.15) is 22.8 Å². The molecule has 2 aromatic carbocycles. The number of rotatable bonds is 4. The van der Waals surface area contributed by atoms with E-state index in [2.05, 4.69) is 5.32 Å². The third-order valence-electron chi connectivity index (χ3n) is 4.34. The van der Waals surface area contributed by atoms with Crippen LogP contribution in [0.5, 0.6) is 0 Å². The Bertz CT molecular complexity index is 894. The third-order valence-corrected chi connectivity index (χ3v) is 6.41. The maximum Gasteiger partial charge on any atom is 0.255 e. The summed E-state index contributed by atoms with van der Waals surface area (Å²) in [7, 11) is -3.74. The van der Waals surface area contributed by atoms with E-state index in [0.717, 1.165) is 5.56 Å².